The van der Waals surface area contributed by atoms with Gasteiger partial charge in [0.15, 0.2) is 6.10 Å². The SMILES string of the molecule is CCCCC/C=C\C/C=C\C/C=C\CCCCCCCCC(=O)OC(COC(=O)CCCCCCCCCCCCCCC/C=C\CCCCCCCCCC)COC(=O)CCCCCCCCCCCCCCCCCC. The molecule has 1 unspecified atom stereocenters. The molecular formula is C72H132O6. The molecule has 0 fully saturated rings. The van der Waals surface area contributed by atoms with Crippen LogP contribution in [-0.4, -0.2) is 37.2 Å². The van der Waals surface area contributed by atoms with Gasteiger partial charge in [0.1, 0.15) is 13.2 Å². The van der Waals surface area contributed by atoms with Crippen molar-refractivity contribution in [3.8, 4) is 0 Å². The van der Waals surface area contributed by atoms with Crippen LogP contribution < -0.4 is 0 Å². The Morgan fingerprint density at radius 3 is 0.756 bits per heavy atom. The highest BCUT2D eigenvalue weighted by molar-refractivity contribution is 5.71. The highest BCUT2D eigenvalue weighted by Gasteiger charge is 2.19. The topological polar surface area (TPSA) is 78.9 Å². The lowest BCUT2D eigenvalue weighted by molar-refractivity contribution is -0.167. The van der Waals surface area contributed by atoms with E-state index in [9.17, 15) is 14.4 Å². The van der Waals surface area contributed by atoms with Crippen molar-refractivity contribution in [1.29, 1.82) is 0 Å². The fraction of sp³-hybridized carbons (Fsp3) is 0.847. The number of carbonyl (C=O) groups excluding carboxylic acids is 3. The third-order valence-electron chi connectivity index (χ3n) is 15.6. The van der Waals surface area contributed by atoms with E-state index in [4.69, 9.17) is 14.2 Å². The molecule has 0 saturated carbocycles. The molecular weight excluding hydrogens is 961 g/mol. The van der Waals surface area contributed by atoms with E-state index in [-0.39, 0.29) is 31.1 Å². The van der Waals surface area contributed by atoms with Crippen LogP contribution in [0.1, 0.15) is 374 Å². The summed E-state index contributed by atoms with van der Waals surface area (Å²) in [7, 11) is 0. The predicted octanol–water partition coefficient (Wildman–Crippen LogP) is 23.7. The van der Waals surface area contributed by atoms with Gasteiger partial charge in [0.2, 0.25) is 0 Å². The molecule has 456 valence electrons. The lowest BCUT2D eigenvalue weighted by Crippen LogP contribution is -2.30. The monoisotopic (exact) mass is 1090 g/mol. The summed E-state index contributed by atoms with van der Waals surface area (Å²) in [6.45, 7) is 6.67. The average Bonchev–Trinajstić information content (AvgIpc) is 3.44. The van der Waals surface area contributed by atoms with Crippen molar-refractivity contribution in [3.63, 3.8) is 0 Å². The Hall–Kier alpha value is -2.63. The van der Waals surface area contributed by atoms with Crippen molar-refractivity contribution in [2.24, 2.45) is 0 Å². The first-order chi connectivity index (χ1) is 38.5. The average molecular weight is 1090 g/mol. The third-order valence-corrected chi connectivity index (χ3v) is 15.6. The van der Waals surface area contributed by atoms with Crippen molar-refractivity contribution in [2.45, 2.75) is 380 Å². The zero-order valence-corrected chi connectivity index (χ0v) is 52.5. The van der Waals surface area contributed by atoms with Crippen LogP contribution in [0.4, 0.5) is 0 Å². The molecule has 0 radical (unpaired) electrons. The van der Waals surface area contributed by atoms with Gasteiger partial charge in [-0.25, -0.2) is 0 Å². The zero-order chi connectivity index (χ0) is 56.4. The summed E-state index contributed by atoms with van der Waals surface area (Å²) in [5, 5.41) is 0. The van der Waals surface area contributed by atoms with E-state index < -0.39 is 6.10 Å². The highest BCUT2D eigenvalue weighted by atomic mass is 16.6. The Kier molecular flexibility index (Phi) is 64.6. The van der Waals surface area contributed by atoms with E-state index in [1.165, 1.54) is 257 Å². The van der Waals surface area contributed by atoms with Gasteiger partial charge in [-0.3, -0.25) is 14.4 Å². The van der Waals surface area contributed by atoms with Crippen molar-refractivity contribution in [3.05, 3.63) is 48.6 Å². The Morgan fingerprint density at radius 1 is 0.256 bits per heavy atom. The molecule has 0 aromatic heterocycles. The van der Waals surface area contributed by atoms with E-state index in [0.29, 0.717) is 19.3 Å². The quantitative estimate of drug-likeness (QED) is 0.0261. The molecule has 0 spiro atoms. The van der Waals surface area contributed by atoms with Crippen molar-refractivity contribution in [2.75, 3.05) is 13.2 Å². The van der Waals surface area contributed by atoms with E-state index >= 15 is 0 Å². The molecule has 0 heterocycles. The summed E-state index contributed by atoms with van der Waals surface area (Å²) in [6.07, 6.45) is 84.1. The Labute approximate surface area is 486 Å². The molecule has 78 heavy (non-hydrogen) atoms. The van der Waals surface area contributed by atoms with Gasteiger partial charge in [0.05, 0.1) is 0 Å². The van der Waals surface area contributed by atoms with E-state index in [2.05, 4.69) is 69.4 Å². The lowest BCUT2D eigenvalue weighted by Gasteiger charge is -2.18. The van der Waals surface area contributed by atoms with Gasteiger partial charge in [-0.2, -0.15) is 0 Å². The van der Waals surface area contributed by atoms with Crippen LogP contribution in [0.15, 0.2) is 48.6 Å². The molecule has 0 aromatic carbocycles. The molecule has 0 amide bonds. The molecule has 0 aliphatic carbocycles. The lowest BCUT2D eigenvalue weighted by atomic mass is 10.0. The maximum atomic E-state index is 12.9. The fourth-order valence-electron chi connectivity index (χ4n) is 10.3. The third kappa shape index (κ3) is 64.2. The van der Waals surface area contributed by atoms with Gasteiger partial charge in [-0.15, -0.1) is 0 Å². The minimum absolute atomic E-state index is 0.0741. The summed E-state index contributed by atoms with van der Waals surface area (Å²) in [6, 6.07) is 0. The number of hydrogen-bond acceptors (Lipinski definition) is 6. The first-order valence-corrected chi connectivity index (χ1v) is 34.6. The van der Waals surface area contributed by atoms with Crippen LogP contribution in [0, 0.1) is 0 Å². The highest BCUT2D eigenvalue weighted by Crippen LogP contribution is 2.18. The second-order valence-corrected chi connectivity index (χ2v) is 23.4. The largest absolute Gasteiger partial charge is 0.462 e. The minimum Gasteiger partial charge on any atom is -0.462 e. The van der Waals surface area contributed by atoms with Gasteiger partial charge in [-0.1, -0.05) is 320 Å². The number of esters is 3. The van der Waals surface area contributed by atoms with Crippen LogP contribution in [0.5, 0.6) is 0 Å². The summed E-state index contributed by atoms with van der Waals surface area (Å²) in [5.41, 5.74) is 0. The Morgan fingerprint density at radius 2 is 0.462 bits per heavy atom. The molecule has 1 atom stereocenters. The van der Waals surface area contributed by atoms with Gasteiger partial charge < -0.3 is 14.2 Å². The maximum Gasteiger partial charge on any atom is 0.306 e. The minimum atomic E-state index is -0.779. The second kappa shape index (κ2) is 66.9. The maximum absolute atomic E-state index is 12.9. The fourth-order valence-corrected chi connectivity index (χ4v) is 10.3. The van der Waals surface area contributed by atoms with Crippen molar-refractivity contribution < 1.29 is 28.6 Å². The first kappa shape index (κ1) is 75.4. The molecule has 6 nitrogen and oxygen atoms in total. The molecule has 0 aliphatic heterocycles. The molecule has 0 aliphatic rings. The molecule has 0 saturated heterocycles. The smallest absolute Gasteiger partial charge is 0.306 e. The summed E-state index contributed by atoms with van der Waals surface area (Å²) in [5.74, 6) is -0.861. The number of hydrogen-bond donors (Lipinski definition) is 0. The standard InChI is InChI=1S/C72H132O6/c1-4-7-10-13-16-19-22-25-28-31-33-34-35-36-37-38-40-41-44-47-50-53-56-59-62-65-71(74)77-68-69(67-76-70(73)64-61-58-55-52-49-46-43-30-27-24-21-18-15-12-9-6-3)78-72(75)66-63-60-57-54-51-48-45-42-39-32-29-26-23-20-17-14-11-8-5-2/h17,20,26,29,31,33,39,42,69H,4-16,18-19,21-25,27-28,30,32,34-38,40-41,43-68H2,1-3H3/b20-17-,29-26-,33-31-,42-39-. The van der Waals surface area contributed by atoms with E-state index in [1.54, 1.807) is 0 Å². The van der Waals surface area contributed by atoms with Crippen LogP contribution >= 0.6 is 0 Å². The van der Waals surface area contributed by atoms with Gasteiger partial charge >= 0.3 is 17.9 Å². The van der Waals surface area contributed by atoms with Crippen LogP contribution in [0.2, 0.25) is 0 Å². The van der Waals surface area contributed by atoms with Gasteiger partial charge in [0.25, 0.3) is 0 Å². The van der Waals surface area contributed by atoms with Crippen molar-refractivity contribution >= 4 is 17.9 Å². The predicted molar refractivity (Wildman–Crippen MR) is 339 cm³/mol. The van der Waals surface area contributed by atoms with Crippen molar-refractivity contribution in [1.82, 2.24) is 0 Å². The molecule has 0 bridgehead atoms. The number of rotatable bonds is 64. The molecule has 6 heteroatoms. The molecule has 0 aromatic rings. The van der Waals surface area contributed by atoms with Gasteiger partial charge in [0, 0.05) is 19.3 Å². The molecule has 0 N–H and O–H groups in total. The zero-order valence-electron chi connectivity index (χ0n) is 52.5. The second-order valence-electron chi connectivity index (χ2n) is 23.4. The summed E-state index contributed by atoms with van der Waals surface area (Å²) < 4.78 is 17.0. The number of carbonyl (C=O) groups is 3. The Bertz CT molecular complexity index is 1350. The van der Waals surface area contributed by atoms with Crippen LogP contribution in [0.3, 0.4) is 0 Å². The molecule has 0 rings (SSSR count). The van der Waals surface area contributed by atoms with Crippen LogP contribution in [0.25, 0.3) is 0 Å². The summed E-state index contributed by atoms with van der Waals surface area (Å²) in [4.78, 5) is 38.4. The number of ether oxygens (including phenoxy) is 3. The number of unbranched alkanes of at least 4 members (excludes halogenated alkanes) is 45. The summed E-state index contributed by atoms with van der Waals surface area (Å²) >= 11 is 0. The Balaban J connectivity index is 4.30. The number of allylic oxidation sites excluding steroid dienone is 8. The first-order valence-electron chi connectivity index (χ1n) is 34.6. The normalized spacial score (nSPS) is 12.3. The van der Waals surface area contributed by atoms with E-state index in [0.717, 1.165) is 77.0 Å². The van der Waals surface area contributed by atoms with E-state index in [1.807, 2.05) is 0 Å². The van der Waals surface area contributed by atoms with Gasteiger partial charge in [-0.05, 0) is 83.5 Å². The van der Waals surface area contributed by atoms with Crippen LogP contribution in [-0.2, 0) is 28.6 Å².